The van der Waals surface area contributed by atoms with E-state index in [0.717, 1.165) is 6.07 Å². The third-order valence-corrected chi connectivity index (χ3v) is 2.65. The van der Waals surface area contributed by atoms with E-state index >= 15 is 0 Å². The summed E-state index contributed by atoms with van der Waals surface area (Å²) < 4.78 is 13.2. The average molecular weight is 237 g/mol. The van der Waals surface area contributed by atoms with Crippen molar-refractivity contribution >= 4 is 17.5 Å². The van der Waals surface area contributed by atoms with Gasteiger partial charge in [0.2, 0.25) is 5.91 Å². The van der Waals surface area contributed by atoms with Crippen LogP contribution in [0.3, 0.4) is 0 Å². The summed E-state index contributed by atoms with van der Waals surface area (Å²) in [4.78, 5) is 22.5. The molecule has 1 heterocycles. The molecule has 4 N–H and O–H groups in total. The molecule has 0 aliphatic carbocycles. The maximum Gasteiger partial charge on any atom is 0.251 e. The van der Waals surface area contributed by atoms with Crippen molar-refractivity contribution in [3.8, 4) is 0 Å². The Kier molecular flexibility index (Phi) is 3.06. The van der Waals surface area contributed by atoms with Gasteiger partial charge in [-0.3, -0.25) is 9.59 Å². The lowest BCUT2D eigenvalue weighted by molar-refractivity contribution is -0.121. The van der Waals surface area contributed by atoms with E-state index in [1.807, 2.05) is 0 Å². The minimum Gasteiger partial charge on any atom is -0.366 e. The molecule has 1 aliphatic rings. The molecule has 17 heavy (non-hydrogen) atoms. The van der Waals surface area contributed by atoms with Gasteiger partial charge < -0.3 is 16.4 Å². The van der Waals surface area contributed by atoms with Crippen LogP contribution in [0.4, 0.5) is 10.1 Å². The van der Waals surface area contributed by atoms with Gasteiger partial charge in [0.25, 0.3) is 5.91 Å². The Bertz CT molecular complexity index is 472. The summed E-state index contributed by atoms with van der Waals surface area (Å²) in [6.07, 6.45) is 0. The Morgan fingerprint density at radius 3 is 2.65 bits per heavy atom. The predicted molar refractivity (Wildman–Crippen MR) is 59.9 cm³/mol. The van der Waals surface area contributed by atoms with E-state index in [9.17, 15) is 14.0 Å². The van der Waals surface area contributed by atoms with Crippen LogP contribution in [0.15, 0.2) is 18.2 Å². The van der Waals surface area contributed by atoms with Crippen molar-refractivity contribution in [3.05, 3.63) is 29.6 Å². The molecular weight excluding hydrogens is 225 g/mol. The van der Waals surface area contributed by atoms with Crippen LogP contribution in [0.2, 0.25) is 0 Å². The zero-order valence-electron chi connectivity index (χ0n) is 9.00. The molecule has 0 unspecified atom stereocenters. The number of primary amides is 1. The van der Waals surface area contributed by atoms with Crippen molar-refractivity contribution < 1.29 is 14.0 Å². The van der Waals surface area contributed by atoms with Gasteiger partial charge in [-0.1, -0.05) is 0 Å². The fourth-order valence-electron chi connectivity index (χ4n) is 1.51. The van der Waals surface area contributed by atoms with Gasteiger partial charge >= 0.3 is 0 Å². The first kappa shape index (κ1) is 11.5. The van der Waals surface area contributed by atoms with Crippen molar-refractivity contribution in [2.75, 3.05) is 18.4 Å². The number of carbonyl (C=O) groups excluding carboxylic acids is 2. The topological polar surface area (TPSA) is 84.2 Å². The molecule has 0 atom stereocenters. The van der Waals surface area contributed by atoms with Gasteiger partial charge in [0.05, 0.1) is 11.5 Å². The number of halogens is 1. The molecule has 0 saturated carbocycles. The fourth-order valence-corrected chi connectivity index (χ4v) is 1.51. The Hall–Kier alpha value is -1.95. The van der Waals surface area contributed by atoms with Gasteiger partial charge in [0, 0.05) is 18.8 Å². The van der Waals surface area contributed by atoms with Gasteiger partial charge in [0.15, 0.2) is 0 Å². The Morgan fingerprint density at radius 1 is 1.41 bits per heavy atom. The number of nitrogens with two attached hydrogens (primary N) is 1. The summed E-state index contributed by atoms with van der Waals surface area (Å²) in [7, 11) is 0. The molecule has 1 fully saturated rings. The highest BCUT2D eigenvalue weighted by atomic mass is 19.1. The van der Waals surface area contributed by atoms with Crippen molar-refractivity contribution in [1.82, 2.24) is 5.32 Å². The predicted octanol–water partition coefficient (Wildman–Crippen LogP) is 0.0825. The number of hydrogen-bond donors (Lipinski definition) is 3. The van der Waals surface area contributed by atoms with Crippen LogP contribution in [-0.4, -0.2) is 24.9 Å². The standard InChI is InChI=1S/C11H12FN3O2/c12-9-2-1-7(3-8(9)10(13)16)15-11(17)6-4-14-5-6/h1-3,6,14H,4-5H2,(H2,13,16)(H,15,17). The average Bonchev–Trinajstić information content (AvgIpc) is 2.17. The second kappa shape index (κ2) is 4.50. The Balaban J connectivity index is 2.13. The van der Waals surface area contributed by atoms with Crippen LogP contribution < -0.4 is 16.4 Å². The lowest BCUT2D eigenvalue weighted by Gasteiger charge is -2.25. The zero-order chi connectivity index (χ0) is 12.4. The van der Waals surface area contributed by atoms with Crippen LogP contribution in [-0.2, 0) is 4.79 Å². The number of amides is 2. The van der Waals surface area contributed by atoms with Crippen molar-refractivity contribution in [3.63, 3.8) is 0 Å². The summed E-state index contributed by atoms with van der Waals surface area (Å²) in [6.45, 7) is 1.27. The van der Waals surface area contributed by atoms with Crippen LogP contribution in [0.1, 0.15) is 10.4 Å². The van der Waals surface area contributed by atoms with Crippen LogP contribution in [0, 0.1) is 11.7 Å². The third-order valence-electron chi connectivity index (χ3n) is 2.65. The Morgan fingerprint density at radius 2 is 2.12 bits per heavy atom. The van der Waals surface area contributed by atoms with E-state index in [0.29, 0.717) is 18.8 Å². The van der Waals surface area contributed by atoms with Gasteiger partial charge in [0.1, 0.15) is 5.82 Å². The molecule has 1 aliphatic heterocycles. The highest BCUT2D eigenvalue weighted by Crippen LogP contribution is 2.16. The summed E-state index contributed by atoms with van der Waals surface area (Å²) in [5.74, 6) is -1.77. The molecule has 1 aromatic rings. The molecule has 2 amide bonds. The van der Waals surface area contributed by atoms with Gasteiger partial charge in [-0.2, -0.15) is 0 Å². The molecule has 1 saturated heterocycles. The zero-order valence-corrected chi connectivity index (χ0v) is 9.00. The first-order valence-corrected chi connectivity index (χ1v) is 5.19. The summed E-state index contributed by atoms with van der Waals surface area (Å²) in [5, 5.41) is 5.58. The van der Waals surface area contributed by atoms with E-state index in [2.05, 4.69) is 10.6 Å². The second-order valence-electron chi connectivity index (χ2n) is 3.90. The molecule has 0 aromatic heterocycles. The van der Waals surface area contributed by atoms with E-state index in [4.69, 9.17) is 5.73 Å². The quantitative estimate of drug-likeness (QED) is 0.696. The maximum absolute atomic E-state index is 13.2. The van der Waals surface area contributed by atoms with Gasteiger partial charge in [-0.25, -0.2) is 4.39 Å². The van der Waals surface area contributed by atoms with Gasteiger partial charge in [-0.05, 0) is 18.2 Å². The maximum atomic E-state index is 13.2. The number of rotatable bonds is 3. The number of nitrogens with one attached hydrogen (secondary N) is 2. The van der Waals surface area contributed by atoms with Gasteiger partial charge in [-0.15, -0.1) is 0 Å². The van der Waals surface area contributed by atoms with Crippen LogP contribution in [0.25, 0.3) is 0 Å². The van der Waals surface area contributed by atoms with Crippen molar-refractivity contribution in [1.29, 1.82) is 0 Å². The van der Waals surface area contributed by atoms with Crippen LogP contribution in [0.5, 0.6) is 0 Å². The number of benzene rings is 1. The second-order valence-corrected chi connectivity index (χ2v) is 3.90. The molecule has 0 radical (unpaired) electrons. The number of hydrogen-bond acceptors (Lipinski definition) is 3. The highest BCUT2D eigenvalue weighted by molar-refractivity contribution is 5.97. The highest BCUT2D eigenvalue weighted by Gasteiger charge is 2.25. The Labute approximate surface area is 97.2 Å². The molecule has 2 rings (SSSR count). The molecule has 1 aromatic carbocycles. The molecule has 5 nitrogen and oxygen atoms in total. The largest absolute Gasteiger partial charge is 0.366 e. The minimum atomic E-state index is -0.857. The monoisotopic (exact) mass is 237 g/mol. The lowest BCUT2D eigenvalue weighted by Crippen LogP contribution is -2.48. The first-order chi connectivity index (χ1) is 8.08. The molecule has 6 heteroatoms. The fraction of sp³-hybridized carbons (Fsp3) is 0.273. The number of anilines is 1. The summed E-state index contributed by atoms with van der Waals surface area (Å²) in [6, 6.07) is 3.74. The van der Waals surface area contributed by atoms with E-state index in [1.165, 1.54) is 12.1 Å². The minimum absolute atomic E-state index is 0.0721. The molecule has 0 spiro atoms. The smallest absolute Gasteiger partial charge is 0.251 e. The van der Waals surface area contributed by atoms with E-state index < -0.39 is 11.7 Å². The summed E-state index contributed by atoms with van der Waals surface area (Å²) >= 11 is 0. The summed E-state index contributed by atoms with van der Waals surface area (Å²) in [5.41, 5.74) is 5.15. The van der Waals surface area contributed by atoms with Crippen molar-refractivity contribution in [2.24, 2.45) is 11.7 Å². The first-order valence-electron chi connectivity index (χ1n) is 5.19. The SMILES string of the molecule is NC(=O)c1cc(NC(=O)C2CNC2)ccc1F. The lowest BCUT2D eigenvalue weighted by atomic mass is 10.0. The molecule has 0 bridgehead atoms. The van der Waals surface area contributed by atoms with Crippen molar-refractivity contribution in [2.45, 2.75) is 0 Å². The van der Waals surface area contributed by atoms with E-state index in [1.54, 1.807) is 0 Å². The van der Waals surface area contributed by atoms with E-state index in [-0.39, 0.29) is 17.4 Å². The molecular formula is C11H12FN3O2. The molecule has 90 valence electrons. The van der Waals surface area contributed by atoms with Crippen LogP contribution >= 0.6 is 0 Å². The normalized spacial score (nSPS) is 15.1. The third kappa shape index (κ3) is 2.42. The number of carbonyl (C=O) groups is 2.